The highest BCUT2D eigenvalue weighted by atomic mass is 16.5. The van der Waals surface area contributed by atoms with Gasteiger partial charge in [0, 0.05) is 12.6 Å². The van der Waals surface area contributed by atoms with Gasteiger partial charge in [-0.05, 0) is 42.3 Å². The Morgan fingerprint density at radius 1 is 1.09 bits per heavy atom. The van der Waals surface area contributed by atoms with Crippen molar-refractivity contribution < 1.29 is 14.3 Å². The Kier molecular flexibility index (Phi) is 4.62. The molecule has 118 valence electrons. The van der Waals surface area contributed by atoms with E-state index in [-0.39, 0.29) is 12.0 Å². The van der Waals surface area contributed by atoms with Crippen molar-refractivity contribution in [3.63, 3.8) is 0 Å². The SMILES string of the molecule is CCOC(=O)C1CC(c2ccc(Oc3ccccc3)cc2)=CN1. The van der Waals surface area contributed by atoms with Crippen molar-refractivity contribution in [2.24, 2.45) is 0 Å². The molecule has 0 bridgehead atoms. The maximum atomic E-state index is 11.7. The van der Waals surface area contributed by atoms with E-state index in [1.54, 1.807) is 0 Å². The standard InChI is InChI=1S/C19H19NO3/c1-2-22-19(21)18-12-15(13-20-18)14-8-10-17(11-9-14)23-16-6-4-3-5-7-16/h3-11,13,18,20H,2,12H2,1H3. The summed E-state index contributed by atoms with van der Waals surface area (Å²) in [5.74, 6) is 1.39. The minimum absolute atomic E-state index is 0.206. The zero-order valence-electron chi connectivity index (χ0n) is 13.0. The lowest BCUT2D eigenvalue weighted by molar-refractivity contribution is -0.145. The van der Waals surface area contributed by atoms with Crippen LogP contribution in [0.3, 0.4) is 0 Å². The fourth-order valence-corrected chi connectivity index (χ4v) is 2.50. The van der Waals surface area contributed by atoms with Crippen LogP contribution in [0.5, 0.6) is 11.5 Å². The van der Waals surface area contributed by atoms with E-state index in [2.05, 4.69) is 5.32 Å². The predicted molar refractivity (Wildman–Crippen MR) is 89.1 cm³/mol. The van der Waals surface area contributed by atoms with Gasteiger partial charge in [-0.1, -0.05) is 30.3 Å². The summed E-state index contributed by atoms with van der Waals surface area (Å²) in [5, 5.41) is 3.08. The quantitative estimate of drug-likeness (QED) is 0.855. The average Bonchev–Trinajstić information content (AvgIpc) is 3.07. The molecule has 0 radical (unpaired) electrons. The second-order valence-corrected chi connectivity index (χ2v) is 5.28. The van der Waals surface area contributed by atoms with E-state index < -0.39 is 0 Å². The van der Waals surface area contributed by atoms with Crippen LogP contribution in [-0.4, -0.2) is 18.6 Å². The minimum Gasteiger partial charge on any atom is -0.464 e. The number of esters is 1. The number of ether oxygens (including phenoxy) is 2. The minimum atomic E-state index is -0.287. The van der Waals surface area contributed by atoms with Crippen LogP contribution in [0.25, 0.3) is 5.57 Å². The summed E-state index contributed by atoms with van der Waals surface area (Å²) in [4.78, 5) is 11.7. The number of rotatable bonds is 5. The molecule has 1 aliphatic heterocycles. The summed E-state index contributed by atoms with van der Waals surface area (Å²) >= 11 is 0. The van der Waals surface area contributed by atoms with Gasteiger partial charge in [0.05, 0.1) is 6.61 Å². The fraction of sp³-hybridized carbons (Fsp3) is 0.211. The number of nitrogens with one attached hydrogen (secondary N) is 1. The zero-order chi connectivity index (χ0) is 16.1. The van der Waals surface area contributed by atoms with Crippen molar-refractivity contribution >= 4 is 11.5 Å². The molecular formula is C19H19NO3. The van der Waals surface area contributed by atoms with Crippen LogP contribution < -0.4 is 10.1 Å². The van der Waals surface area contributed by atoms with E-state index in [1.807, 2.05) is 67.7 Å². The molecule has 0 aromatic heterocycles. The number of carbonyl (C=O) groups excluding carboxylic acids is 1. The number of para-hydroxylation sites is 1. The molecular weight excluding hydrogens is 290 g/mol. The fourth-order valence-electron chi connectivity index (χ4n) is 2.50. The maximum absolute atomic E-state index is 11.7. The van der Waals surface area contributed by atoms with Gasteiger partial charge in [0.15, 0.2) is 0 Å². The molecule has 0 spiro atoms. The van der Waals surface area contributed by atoms with Crippen LogP contribution in [-0.2, 0) is 9.53 Å². The number of hydrogen-bond donors (Lipinski definition) is 1. The molecule has 0 amide bonds. The van der Waals surface area contributed by atoms with Crippen molar-refractivity contribution in [3.8, 4) is 11.5 Å². The van der Waals surface area contributed by atoms with Gasteiger partial charge in [-0.15, -0.1) is 0 Å². The topological polar surface area (TPSA) is 47.6 Å². The van der Waals surface area contributed by atoms with Crippen LogP contribution in [0.1, 0.15) is 18.9 Å². The van der Waals surface area contributed by atoms with E-state index in [0.717, 1.165) is 22.6 Å². The third-order valence-corrected chi connectivity index (χ3v) is 3.66. The summed E-state index contributed by atoms with van der Waals surface area (Å²) in [6, 6.07) is 17.2. The Balaban J connectivity index is 1.63. The monoisotopic (exact) mass is 309 g/mol. The summed E-state index contributed by atoms with van der Waals surface area (Å²) in [6.07, 6.45) is 2.52. The van der Waals surface area contributed by atoms with Crippen LogP contribution in [0.4, 0.5) is 0 Å². The van der Waals surface area contributed by atoms with Crippen LogP contribution >= 0.6 is 0 Å². The lowest BCUT2D eigenvalue weighted by Gasteiger charge is -2.10. The predicted octanol–water partition coefficient (Wildman–Crippen LogP) is 3.74. The number of benzene rings is 2. The first-order chi connectivity index (χ1) is 11.3. The van der Waals surface area contributed by atoms with Crippen LogP contribution in [0.2, 0.25) is 0 Å². The molecule has 1 heterocycles. The van der Waals surface area contributed by atoms with Crippen LogP contribution in [0.15, 0.2) is 60.8 Å². The molecule has 3 rings (SSSR count). The van der Waals surface area contributed by atoms with Gasteiger partial charge >= 0.3 is 5.97 Å². The highest BCUT2D eigenvalue weighted by molar-refractivity contribution is 5.82. The third-order valence-electron chi connectivity index (χ3n) is 3.66. The number of hydrogen-bond acceptors (Lipinski definition) is 4. The maximum Gasteiger partial charge on any atom is 0.328 e. The molecule has 0 fully saturated rings. The van der Waals surface area contributed by atoms with Gasteiger partial charge in [-0.2, -0.15) is 0 Å². The lowest BCUT2D eigenvalue weighted by atomic mass is 10.0. The second-order valence-electron chi connectivity index (χ2n) is 5.28. The molecule has 1 aliphatic rings. The molecule has 0 saturated carbocycles. The Labute approximate surface area is 135 Å². The van der Waals surface area contributed by atoms with E-state index in [4.69, 9.17) is 9.47 Å². The normalized spacial score (nSPS) is 16.4. The summed E-state index contributed by atoms with van der Waals surface area (Å²) < 4.78 is 10.8. The lowest BCUT2D eigenvalue weighted by Crippen LogP contribution is -2.31. The van der Waals surface area contributed by atoms with Crippen molar-refractivity contribution in [2.75, 3.05) is 6.61 Å². The largest absolute Gasteiger partial charge is 0.464 e. The van der Waals surface area contributed by atoms with Gasteiger partial charge in [-0.3, -0.25) is 0 Å². The Morgan fingerprint density at radius 3 is 2.48 bits per heavy atom. The Bertz CT molecular complexity index is 692. The first-order valence-electron chi connectivity index (χ1n) is 7.71. The summed E-state index contributed by atoms with van der Waals surface area (Å²) in [5.41, 5.74) is 2.17. The molecule has 4 nitrogen and oxygen atoms in total. The van der Waals surface area contributed by atoms with Crippen molar-refractivity contribution in [1.82, 2.24) is 5.32 Å². The van der Waals surface area contributed by atoms with Crippen LogP contribution in [0, 0.1) is 0 Å². The van der Waals surface area contributed by atoms with Crippen molar-refractivity contribution in [3.05, 3.63) is 66.4 Å². The summed E-state index contributed by atoms with van der Waals surface area (Å²) in [6.45, 7) is 2.21. The molecule has 0 aliphatic carbocycles. The van der Waals surface area contributed by atoms with Gasteiger partial charge < -0.3 is 14.8 Å². The molecule has 1 atom stereocenters. The zero-order valence-corrected chi connectivity index (χ0v) is 13.0. The molecule has 23 heavy (non-hydrogen) atoms. The van der Waals surface area contributed by atoms with E-state index in [0.29, 0.717) is 13.0 Å². The van der Waals surface area contributed by atoms with Gasteiger partial charge in [0.25, 0.3) is 0 Å². The molecule has 2 aromatic rings. The Morgan fingerprint density at radius 2 is 1.78 bits per heavy atom. The first kappa shape index (κ1) is 15.2. The molecule has 1 N–H and O–H groups in total. The average molecular weight is 309 g/mol. The van der Waals surface area contributed by atoms with E-state index in [1.165, 1.54) is 0 Å². The van der Waals surface area contributed by atoms with E-state index >= 15 is 0 Å². The highest BCUT2D eigenvalue weighted by Gasteiger charge is 2.25. The molecule has 0 saturated heterocycles. The second kappa shape index (κ2) is 7.01. The first-order valence-corrected chi connectivity index (χ1v) is 7.71. The molecule has 4 heteroatoms. The van der Waals surface area contributed by atoms with Gasteiger partial charge in [0.2, 0.25) is 0 Å². The molecule has 1 unspecified atom stereocenters. The van der Waals surface area contributed by atoms with E-state index in [9.17, 15) is 4.79 Å². The molecule has 2 aromatic carbocycles. The number of carbonyl (C=O) groups is 1. The summed E-state index contributed by atoms with van der Waals surface area (Å²) in [7, 11) is 0. The smallest absolute Gasteiger partial charge is 0.328 e. The Hall–Kier alpha value is -2.75. The van der Waals surface area contributed by atoms with Crippen molar-refractivity contribution in [1.29, 1.82) is 0 Å². The van der Waals surface area contributed by atoms with Gasteiger partial charge in [0.1, 0.15) is 17.5 Å². The van der Waals surface area contributed by atoms with Crippen molar-refractivity contribution in [2.45, 2.75) is 19.4 Å². The highest BCUT2D eigenvalue weighted by Crippen LogP contribution is 2.27. The third kappa shape index (κ3) is 3.72. The van der Waals surface area contributed by atoms with Gasteiger partial charge in [-0.25, -0.2) is 4.79 Å².